The number of nitrogens with one attached hydrogen (secondary N) is 1. The summed E-state index contributed by atoms with van der Waals surface area (Å²) in [5, 5.41) is 3.19. The number of carbonyl (C=O) groups is 2. The van der Waals surface area contributed by atoms with Gasteiger partial charge in [-0.15, -0.1) is 11.8 Å². The molecule has 2 aromatic rings. The summed E-state index contributed by atoms with van der Waals surface area (Å²) in [7, 11) is 0. The van der Waals surface area contributed by atoms with Gasteiger partial charge in [0.1, 0.15) is 5.82 Å². The molecule has 2 aromatic carbocycles. The van der Waals surface area contributed by atoms with Crippen LogP contribution in [-0.4, -0.2) is 35.2 Å². The highest BCUT2D eigenvalue weighted by atomic mass is 32.2. The van der Waals surface area contributed by atoms with E-state index in [1.54, 1.807) is 28.0 Å². The lowest BCUT2D eigenvalue weighted by Crippen LogP contribution is -2.55. The molecule has 2 heterocycles. The highest BCUT2D eigenvalue weighted by Crippen LogP contribution is 2.54. The molecule has 5 rings (SSSR count). The van der Waals surface area contributed by atoms with Crippen LogP contribution < -0.4 is 10.2 Å². The van der Waals surface area contributed by atoms with E-state index in [-0.39, 0.29) is 30.3 Å². The molecular weight excluding hydrogens is 425 g/mol. The van der Waals surface area contributed by atoms with Crippen LogP contribution in [0.5, 0.6) is 0 Å². The van der Waals surface area contributed by atoms with Crippen molar-refractivity contribution in [2.45, 2.75) is 56.5 Å². The Morgan fingerprint density at radius 2 is 1.97 bits per heavy atom. The van der Waals surface area contributed by atoms with Crippen LogP contribution in [-0.2, 0) is 16.2 Å². The van der Waals surface area contributed by atoms with Crippen molar-refractivity contribution in [1.29, 1.82) is 0 Å². The first-order chi connectivity index (χ1) is 15.5. The highest BCUT2D eigenvalue weighted by molar-refractivity contribution is 8.01. The molecule has 0 bridgehead atoms. The van der Waals surface area contributed by atoms with E-state index in [0.717, 1.165) is 42.5 Å². The largest absolute Gasteiger partial charge is 0.335 e. The Kier molecular flexibility index (Phi) is 5.61. The lowest BCUT2D eigenvalue weighted by molar-refractivity contribution is -0.123. The lowest BCUT2D eigenvalue weighted by Gasteiger charge is -2.35. The molecule has 0 aromatic heterocycles. The minimum absolute atomic E-state index is 0.141. The fourth-order valence-corrected chi connectivity index (χ4v) is 6.63. The zero-order chi connectivity index (χ0) is 22.3. The molecular formula is C25H28FN3O2S. The van der Waals surface area contributed by atoms with Gasteiger partial charge in [0.2, 0.25) is 0 Å². The quantitative estimate of drug-likeness (QED) is 0.717. The fourth-order valence-electron chi connectivity index (χ4n) is 5.18. The number of nitrogens with zero attached hydrogens (tertiary/aromatic N) is 2. The Morgan fingerprint density at radius 1 is 1.19 bits per heavy atom. The third-order valence-corrected chi connectivity index (χ3v) is 8.23. The van der Waals surface area contributed by atoms with Gasteiger partial charge in [-0.2, -0.15) is 0 Å². The molecule has 5 nitrogen and oxygen atoms in total. The molecule has 7 heteroatoms. The topological polar surface area (TPSA) is 52.7 Å². The maximum atomic E-state index is 14.4. The van der Waals surface area contributed by atoms with E-state index in [1.807, 2.05) is 25.1 Å². The number of aryl methyl sites for hydroxylation is 1. The van der Waals surface area contributed by atoms with E-state index in [4.69, 9.17) is 0 Å². The first-order valence-electron chi connectivity index (χ1n) is 11.4. The second-order valence-corrected chi connectivity index (χ2v) is 10.2. The first kappa shape index (κ1) is 21.3. The molecule has 1 saturated carbocycles. The van der Waals surface area contributed by atoms with Crippen molar-refractivity contribution >= 4 is 29.4 Å². The van der Waals surface area contributed by atoms with Crippen LogP contribution in [0.1, 0.15) is 48.8 Å². The summed E-state index contributed by atoms with van der Waals surface area (Å²) >= 11 is 1.51. The summed E-state index contributed by atoms with van der Waals surface area (Å²) in [4.78, 5) is 29.7. The minimum atomic E-state index is -1.09. The predicted molar refractivity (Wildman–Crippen MR) is 125 cm³/mol. The van der Waals surface area contributed by atoms with E-state index in [0.29, 0.717) is 17.9 Å². The van der Waals surface area contributed by atoms with Gasteiger partial charge < -0.3 is 10.2 Å². The number of carbonyl (C=O) groups excluding carboxylic acids is 2. The van der Waals surface area contributed by atoms with Crippen molar-refractivity contribution in [3.05, 3.63) is 65.0 Å². The number of rotatable bonds is 3. The molecule has 168 valence electrons. The van der Waals surface area contributed by atoms with Crippen LogP contribution in [0.15, 0.2) is 42.5 Å². The van der Waals surface area contributed by atoms with Crippen LogP contribution in [0.2, 0.25) is 0 Å². The highest BCUT2D eigenvalue weighted by Gasteiger charge is 2.59. The Labute approximate surface area is 192 Å². The number of halogens is 1. The third-order valence-electron chi connectivity index (χ3n) is 6.81. The number of hydrogen-bond donors (Lipinski definition) is 1. The summed E-state index contributed by atoms with van der Waals surface area (Å²) in [6.45, 7) is 2.64. The van der Waals surface area contributed by atoms with Gasteiger partial charge in [0.15, 0.2) is 4.87 Å². The summed E-state index contributed by atoms with van der Waals surface area (Å²) in [6.07, 6.45) is 5.45. The minimum Gasteiger partial charge on any atom is -0.335 e. The predicted octanol–water partition coefficient (Wildman–Crippen LogP) is 4.92. The van der Waals surface area contributed by atoms with Crippen LogP contribution in [0.3, 0.4) is 0 Å². The Hall–Kier alpha value is -2.54. The maximum absolute atomic E-state index is 14.4. The maximum Gasteiger partial charge on any atom is 0.319 e. The number of benzene rings is 2. The molecule has 3 aliphatic rings. The molecule has 3 amide bonds. The lowest BCUT2D eigenvalue weighted by atomic mass is 9.95. The number of amides is 3. The number of anilines is 1. The average Bonchev–Trinajstić information content (AvgIpc) is 3.33. The van der Waals surface area contributed by atoms with Crippen LogP contribution >= 0.6 is 11.8 Å². The standard InChI is InChI=1S/C25H28FN3O2S/c1-17-11-12-22-20(15-17)25(23(30)28(22)16-18-7-5-6-10-21(18)26)29(13-14-32-25)24(31)27-19-8-3-2-4-9-19/h5-7,10-12,15,19H,2-4,8-9,13-14,16H2,1H3,(H,27,31). The molecule has 1 aliphatic carbocycles. The molecule has 1 atom stereocenters. The van der Waals surface area contributed by atoms with Crippen LogP contribution in [0.4, 0.5) is 14.9 Å². The van der Waals surface area contributed by atoms with Crippen LogP contribution in [0, 0.1) is 12.7 Å². The van der Waals surface area contributed by atoms with Crippen molar-refractivity contribution in [3.63, 3.8) is 0 Å². The fraction of sp³-hybridized carbons (Fsp3) is 0.440. The number of thioether (sulfide) groups is 1. The smallest absolute Gasteiger partial charge is 0.319 e. The van der Waals surface area contributed by atoms with Crippen molar-refractivity contribution in [1.82, 2.24) is 10.2 Å². The molecule has 1 spiro atoms. The second-order valence-electron chi connectivity index (χ2n) is 8.93. The SMILES string of the molecule is Cc1ccc2c(c1)C1(SCCN1C(=O)NC1CCCCC1)C(=O)N2Cc1ccccc1F. The molecule has 2 fully saturated rings. The van der Waals surface area contributed by atoms with Gasteiger partial charge in [-0.25, -0.2) is 9.18 Å². The van der Waals surface area contributed by atoms with Gasteiger partial charge in [-0.05, 0) is 31.9 Å². The Morgan fingerprint density at radius 3 is 2.75 bits per heavy atom. The first-order valence-corrected chi connectivity index (χ1v) is 12.4. The molecule has 32 heavy (non-hydrogen) atoms. The zero-order valence-corrected chi connectivity index (χ0v) is 19.1. The van der Waals surface area contributed by atoms with Gasteiger partial charge in [0.05, 0.1) is 12.2 Å². The van der Waals surface area contributed by atoms with Gasteiger partial charge >= 0.3 is 6.03 Å². The monoisotopic (exact) mass is 453 g/mol. The molecule has 1 N–H and O–H groups in total. The summed E-state index contributed by atoms with van der Waals surface area (Å²) in [5.41, 5.74) is 3.09. The van der Waals surface area contributed by atoms with E-state index in [9.17, 15) is 14.0 Å². The second kappa shape index (κ2) is 8.43. The van der Waals surface area contributed by atoms with Crippen LogP contribution in [0.25, 0.3) is 0 Å². The van der Waals surface area contributed by atoms with E-state index in [2.05, 4.69) is 5.32 Å². The number of fused-ring (bicyclic) bond motifs is 2. The average molecular weight is 454 g/mol. The van der Waals surface area contributed by atoms with E-state index >= 15 is 0 Å². The Bertz CT molecular complexity index is 1060. The normalized spacial score (nSPS) is 23.1. The van der Waals surface area contributed by atoms with Gasteiger partial charge in [0, 0.05) is 29.5 Å². The summed E-state index contributed by atoms with van der Waals surface area (Å²) < 4.78 is 14.4. The molecule has 1 saturated heterocycles. The zero-order valence-electron chi connectivity index (χ0n) is 18.3. The van der Waals surface area contributed by atoms with E-state index < -0.39 is 4.87 Å². The van der Waals surface area contributed by atoms with Gasteiger partial charge in [-0.3, -0.25) is 9.69 Å². The summed E-state index contributed by atoms with van der Waals surface area (Å²) in [6, 6.07) is 12.4. The Balaban J connectivity index is 1.51. The van der Waals surface area contributed by atoms with Gasteiger partial charge in [0.25, 0.3) is 5.91 Å². The van der Waals surface area contributed by atoms with E-state index in [1.165, 1.54) is 24.2 Å². The number of urea groups is 1. The third kappa shape index (κ3) is 3.47. The molecule has 2 aliphatic heterocycles. The summed E-state index contributed by atoms with van der Waals surface area (Å²) in [5.74, 6) is 0.189. The van der Waals surface area contributed by atoms with Crippen molar-refractivity contribution in [2.24, 2.45) is 0 Å². The van der Waals surface area contributed by atoms with Crippen molar-refractivity contribution in [3.8, 4) is 0 Å². The molecule has 1 unspecified atom stereocenters. The molecule has 0 radical (unpaired) electrons. The number of hydrogen-bond acceptors (Lipinski definition) is 3. The van der Waals surface area contributed by atoms with Crippen molar-refractivity contribution in [2.75, 3.05) is 17.2 Å². The van der Waals surface area contributed by atoms with Crippen molar-refractivity contribution < 1.29 is 14.0 Å². The van der Waals surface area contributed by atoms with Gasteiger partial charge in [-0.1, -0.05) is 55.2 Å².